The Morgan fingerprint density at radius 3 is 2.25 bits per heavy atom. The van der Waals surface area contributed by atoms with Crippen LogP contribution in [0, 0.1) is 6.92 Å². The second kappa shape index (κ2) is 7.74. The van der Waals surface area contributed by atoms with Crippen molar-refractivity contribution in [1.82, 2.24) is 9.97 Å². The van der Waals surface area contributed by atoms with E-state index in [1.54, 1.807) is 0 Å². The summed E-state index contributed by atoms with van der Waals surface area (Å²) in [5.41, 5.74) is 10.8. The minimum Gasteiger partial charge on any atom is -0.364 e. The quantitative estimate of drug-likeness (QED) is 0.529. The maximum absolute atomic E-state index is 12.9. The van der Waals surface area contributed by atoms with Crippen molar-refractivity contribution >= 4 is 23.3 Å². The van der Waals surface area contributed by atoms with Gasteiger partial charge in [0.1, 0.15) is 11.5 Å². The maximum Gasteiger partial charge on any atom is 0.267 e. The lowest BCUT2D eigenvalue weighted by Gasteiger charge is -2.18. The van der Waals surface area contributed by atoms with Crippen molar-refractivity contribution in [1.29, 1.82) is 0 Å². The van der Waals surface area contributed by atoms with Crippen molar-refractivity contribution in [3.8, 4) is 22.5 Å². The lowest BCUT2D eigenvalue weighted by molar-refractivity contribution is -0.116. The number of carbonyl (C=O) groups is 2. The number of rotatable bonds is 4. The van der Waals surface area contributed by atoms with Crippen molar-refractivity contribution < 1.29 is 9.59 Å². The van der Waals surface area contributed by atoms with Gasteiger partial charge in [0, 0.05) is 11.1 Å². The molecule has 1 aliphatic rings. The van der Waals surface area contributed by atoms with E-state index in [4.69, 9.17) is 10.7 Å². The number of carbonyl (C=O) groups excluding carboxylic acids is 2. The first-order valence-electron chi connectivity index (χ1n) is 10.3. The van der Waals surface area contributed by atoms with Crippen LogP contribution in [0.1, 0.15) is 21.6 Å². The van der Waals surface area contributed by atoms with E-state index in [0.29, 0.717) is 22.9 Å². The SMILES string of the molecule is Cc1cccc(N2C(=O)Cc3c(C(N)=O)nc(-c4ccc(-c5ccccc5)cc4)nc32)c1. The Hall–Kier alpha value is -4.32. The highest BCUT2D eigenvalue weighted by molar-refractivity contribution is 6.09. The zero-order chi connectivity index (χ0) is 22.2. The number of anilines is 2. The third-order valence-electron chi connectivity index (χ3n) is 5.52. The van der Waals surface area contributed by atoms with E-state index in [2.05, 4.69) is 4.98 Å². The summed E-state index contributed by atoms with van der Waals surface area (Å²) in [6.45, 7) is 1.96. The number of primary amides is 1. The van der Waals surface area contributed by atoms with E-state index in [1.807, 2.05) is 85.8 Å². The lowest BCUT2D eigenvalue weighted by Crippen LogP contribution is -2.21. The van der Waals surface area contributed by atoms with E-state index in [-0.39, 0.29) is 18.0 Å². The van der Waals surface area contributed by atoms with Gasteiger partial charge < -0.3 is 5.73 Å². The first kappa shape index (κ1) is 19.6. The van der Waals surface area contributed by atoms with E-state index in [9.17, 15) is 9.59 Å². The Morgan fingerprint density at radius 1 is 0.875 bits per heavy atom. The fourth-order valence-corrected chi connectivity index (χ4v) is 3.98. The second-order valence-corrected chi connectivity index (χ2v) is 7.75. The highest BCUT2D eigenvalue weighted by Crippen LogP contribution is 2.37. The van der Waals surface area contributed by atoms with Gasteiger partial charge in [-0.05, 0) is 35.7 Å². The van der Waals surface area contributed by atoms with Crippen LogP contribution in [0.5, 0.6) is 0 Å². The molecule has 6 nitrogen and oxygen atoms in total. The molecule has 2 N–H and O–H groups in total. The number of hydrogen-bond acceptors (Lipinski definition) is 4. The van der Waals surface area contributed by atoms with Gasteiger partial charge in [0.15, 0.2) is 5.82 Å². The molecule has 2 heterocycles. The van der Waals surface area contributed by atoms with Gasteiger partial charge in [-0.25, -0.2) is 9.97 Å². The molecule has 0 atom stereocenters. The van der Waals surface area contributed by atoms with Crippen molar-refractivity contribution in [2.45, 2.75) is 13.3 Å². The van der Waals surface area contributed by atoms with Crippen LogP contribution in [0.4, 0.5) is 11.5 Å². The third kappa shape index (κ3) is 3.41. The molecule has 32 heavy (non-hydrogen) atoms. The highest BCUT2D eigenvalue weighted by atomic mass is 16.2. The number of amides is 2. The molecule has 3 aromatic carbocycles. The van der Waals surface area contributed by atoms with Crippen LogP contribution in [0.2, 0.25) is 0 Å². The highest BCUT2D eigenvalue weighted by Gasteiger charge is 2.35. The van der Waals surface area contributed by atoms with Gasteiger partial charge in [-0.1, -0.05) is 66.7 Å². The molecule has 5 rings (SSSR count). The first-order valence-corrected chi connectivity index (χ1v) is 10.3. The van der Waals surface area contributed by atoms with Gasteiger partial charge in [-0.15, -0.1) is 0 Å². The summed E-state index contributed by atoms with van der Waals surface area (Å²) in [7, 11) is 0. The Labute approximate surface area is 185 Å². The summed E-state index contributed by atoms with van der Waals surface area (Å²) in [6, 6.07) is 25.4. The molecule has 0 radical (unpaired) electrons. The Morgan fingerprint density at radius 2 is 1.56 bits per heavy atom. The standard InChI is InChI=1S/C26H20N4O2/c1-16-6-5-9-20(14-16)30-22(31)15-21-23(24(27)32)28-25(29-26(21)30)19-12-10-18(11-13-19)17-7-3-2-4-8-17/h2-14H,15H2,1H3,(H2,27,32). The summed E-state index contributed by atoms with van der Waals surface area (Å²) in [5, 5.41) is 0. The van der Waals surface area contributed by atoms with E-state index >= 15 is 0 Å². The molecule has 1 aromatic heterocycles. The second-order valence-electron chi connectivity index (χ2n) is 7.75. The van der Waals surface area contributed by atoms with Crippen LogP contribution in [0.25, 0.3) is 22.5 Å². The van der Waals surface area contributed by atoms with Crippen molar-refractivity contribution in [3.63, 3.8) is 0 Å². The number of aromatic nitrogens is 2. The predicted octanol–water partition coefficient (Wildman–Crippen LogP) is 4.44. The molecular formula is C26H20N4O2. The summed E-state index contributed by atoms with van der Waals surface area (Å²) in [6.07, 6.45) is 0.0365. The first-order chi connectivity index (χ1) is 15.5. The number of benzene rings is 3. The minimum absolute atomic E-state index is 0.0365. The third-order valence-corrected chi connectivity index (χ3v) is 5.52. The van der Waals surface area contributed by atoms with Gasteiger partial charge in [0.05, 0.1) is 12.1 Å². The number of fused-ring (bicyclic) bond motifs is 1. The topological polar surface area (TPSA) is 89.2 Å². The fraction of sp³-hybridized carbons (Fsp3) is 0.0769. The van der Waals surface area contributed by atoms with E-state index in [1.165, 1.54) is 4.90 Å². The molecule has 0 fully saturated rings. The normalized spacial score (nSPS) is 12.7. The number of aryl methyl sites for hydroxylation is 1. The minimum atomic E-state index is -0.676. The number of nitrogens with two attached hydrogens (primary N) is 1. The van der Waals surface area contributed by atoms with Crippen LogP contribution in [0.3, 0.4) is 0 Å². The number of nitrogens with zero attached hydrogens (tertiary/aromatic N) is 3. The summed E-state index contributed by atoms with van der Waals surface area (Å²) in [4.78, 5) is 35.7. The van der Waals surface area contributed by atoms with Gasteiger partial charge in [-0.2, -0.15) is 0 Å². The maximum atomic E-state index is 12.9. The summed E-state index contributed by atoms with van der Waals surface area (Å²) < 4.78 is 0. The lowest BCUT2D eigenvalue weighted by atomic mass is 10.0. The summed E-state index contributed by atoms with van der Waals surface area (Å²) >= 11 is 0. The molecule has 0 saturated heterocycles. The molecule has 0 aliphatic carbocycles. The van der Waals surface area contributed by atoms with Crippen molar-refractivity contribution in [2.75, 3.05) is 4.90 Å². The molecule has 2 amide bonds. The number of hydrogen-bond donors (Lipinski definition) is 1. The van der Waals surface area contributed by atoms with Gasteiger partial charge in [-0.3, -0.25) is 14.5 Å². The molecular weight excluding hydrogens is 400 g/mol. The predicted molar refractivity (Wildman–Crippen MR) is 123 cm³/mol. The zero-order valence-corrected chi connectivity index (χ0v) is 17.4. The van der Waals surface area contributed by atoms with Crippen LogP contribution in [-0.2, 0) is 11.2 Å². The van der Waals surface area contributed by atoms with Gasteiger partial charge in [0.2, 0.25) is 5.91 Å². The smallest absolute Gasteiger partial charge is 0.267 e. The Balaban J connectivity index is 1.62. The Bertz CT molecular complexity index is 1350. The average molecular weight is 420 g/mol. The van der Waals surface area contributed by atoms with Crippen LogP contribution in [-0.4, -0.2) is 21.8 Å². The summed E-state index contributed by atoms with van der Waals surface area (Å²) in [5.74, 6) is -0.0836. The van der Waals surface area contributed by atoms with Crippen molar-refractivity contribution in [2.24, 2.45) is 5.73 Å². The van der Waals surface area contributed by atoms with Crippen molar-refractivity contribution in [3.05, 3.63) is 95.7 Å². The molecule has 1 aliphatic heterocycles. The van der Waals surface area contributed by atoms with Gasteiger partial charge in [0.25, 0.3) is 5.91 Å². The molecule has 0 unspecified atom stereocenters. The van der Waals surface area contributed by atoms with E-state index < -0.39 is 5.91 Å². The average Bonchev–Trinajstić information content (AvgIpc) is 3.14. The largest absolute Gasteiger partial charge is 0.364 e. The van der Waals surface area contributed by atoms with Crippen LogP contribution in [0.15, 0.2) is 78.9 Å². The van der Waals surface area contributed by atoms with Gasteiger partial charge >= 0.3 is 0 Å². The Kier molecular flexibility index (Phi) is 4.75. The molecule has 0 saturated carbocycles. The molecule has 0 spiro atoms. The monoisotopic (exact) mass is 420 g/mol. The molecule has 4 aromatic rings. The molecule has 6 heteroatoms. The van der Waals surface area contributed by atoms with E-state index in [0.717, 1.165) is 22.3 Å². The zero-order valence-electron chi connectivity index (χ0n) is 17.4. The molecule has 156 valence electrons. The van der Waals surface area contributed by atoms with Crippen LogP contribution < -0.4 is 10.6 Å². The fourth-order valence-electron chi connectivity index (χ4n) is 3.98. The van der Waals surface area contributed by atoms with Crippen LogP contribution >= 0.6 is 0 Å². The molecule has 0 bridgehead atoms.